The quantitative estimate of drug-likeness (QED) is 0.331. The first-order chi connectivity index (χ1) is 17.2. The summed E-state index contributed by atoms with van der Waals surface area (Å²) in [5.74, 6) is -0.778. The summed E-state index contributed by atoms with van der Waals surface area (Å²) in [6.07, 6.45) is 0. The highest BCUT2D eigenvalue weighted by Gasteiger charge is 2.30. The lowest BCUT2D eigenvalue weighted by Gasteiger charge is -2.25. The van der Waals surface area contributed by atoms with Crippen LogP contribution in [-0.2, 0) is 19.6 Å². The Bertz CT molecular complexity index is 1530. The molecule has 0 radical (unpaired) electrons. The van der Waals surface area contributed by atoms with Gasteiger partial charge < -0.3 is 14.8 Å². The predicted molar refractivity (Wildman–Crippen MR) is 140 cm³/mol. The minimum Gasteiger partial charge on any atom is -0.495 e. The van der Waals surface area contributed by atoms with Gasteiger partial charge in [0.15, 0.2) is 0 Å². The van der Waals surface area contributed by atoms with Gasteiger partial charge in [0, 0.05) is 10.4 Å². The molecular weight excluding hydrogens is 500 g/mol. The summed E-state index contributed by atoms with van der Waals surface area (Å²) in [5.41, 5.74) is 1.55. The topological polar surface area (TPSA) is 102 Å². The van der Waals surface area contributed by atoms with Gasteiger partial charge >= 0.3 is 5.97 Å². The maximum atomic E-state index is 13.7. The van der Waals surface area contributed by atoms with Crippen LogP contribution in [0.3, 0.4) is 0 Å². The number of hydrogen-bond acceptors (Lipinski definition) is 7. The predicted octanol–water partition coefficient (Wildman–Crippen LogP) is 4.84. The maximum Gasteiger partial charge on any atom is 0.348 e. The number of nitrogens with zero attached hydrogens (tertiary/aromatic N) is 1. The van der Waals surface area contributed by atoms with E-state index in [-0.39, 0.29) is 10.6 Å². The lowest BCUT2D eigenvalue weighted by atomic mass is 10.2. The summed E-state index contributed by atoms with van der Waals surface area (Å²) in [6.45, 7) is 1.32. The second-order valence-electron chi connectivity index (χ2n) is 7.90. The van der Waals surface area contributed by atoms with Crippen molar-refractivity contribution in [1.82, 2.24) is 0 Å². The molecule has 0 aliphatic heterocycles. The number of fused-ring (bicyclic) bond motifs is 1. The van der Waals surface area contributed by atoms with Crippen molar-refractivity contribution in [3.05, 3.63) is 83.2 Å². The van der Waals surface area contributed by atoms with Crippen molar-refractivity contribution in [2.24, 2.45) is 0 Å². The molecule has 8 nitrogen and oxygen atoms in total. The maximum absolute atomic E-state index is 13.7. The Kier molecular flexibility index (Phi) is 7.27. The van der Waals surface area contributed by atoms with Crippen molar-refractivity contribution < 1.29 is 27.5 Å². The molecular formula is C26H24N2O6S2. The Labute approximate surface area is 213 Å². The van der Waals surface area contributed by atoms with Gasteiger partial charge in [0.05, 0.1) is 19.9 Å². The molecule has 1 heterocycles. The third kappa shape index (κ3) is 5.19. The van der Waals surface area contributed by atoms with Crippen molar-refractivity contribution in [3.8, 4) is 5.75 Å². The molecule has 0 saturated carbocycles. The van der Waals surface area contributed by atoms with Crippen LogP contribution < -0.4 is 14.4 Å². The fourth-order valence-corrected chi connectivity index (χ4v) is 6.29. The number of amides is 1. The van der Waals surface area contributed by atoms with Crippen molar-refractivity contribution in [2.45, 2.75) is 11.8 Å². The molecule has 36 heavy (non-hydrogen) atoms. The van der Waals surface area contributed by atoms with Gasteiger partial charge in [-0.15, -0.1) is 11.3 Å². The molecule has 0 spiro atoms. The van der Waals surface area contributed by atoms with Crippen LogP contribution in [0.1, 0.15) is 15.2 Å². The molecule has 1 aromatic heterocycles. The van der Waals surface area contributed by atoms with E-state index in [2.05, 4.69) is 5.32 Å². The number of hydrogen-bond donors (Lipinski definition) is 1. The second-order valence-corrected chi connectivity index (χ2v) is 10.8. The highest BCUT2D eigenvalue weighted by Crippen LogP contribution is 2.31. The summed E-state index contributed by atoms with van der Waals surface area (Å²) >= 11 is 1.28. The van der Waals surface area contributed by atoms with Crippen molar-refractivity contribution in [1.29, 1.82) is 0 Å². The van der Waals surface area contributed by atoms with E-state index in [0.717, 1.165) is 20.0 Å². The molecule has 3 aromatic carbocycles. The number of carbonyl (C=O) groups excluding carboxylic acids is 2. The number of nitrogens with one attached hydrogen (secondary N) is 1. The van der Waals surface area contributed by atoms with Gasteiger partial charge in [-0.25, -0.2) is 13.2 Å². The van der Waals surface area contributed by atoms with E-state index in [0.29, 0.717) is 16.3 Å². The molecule has 10 heteroatoms. The molecule has 0 aliphatic rings. The van der Waals surface area contributed by atoms with Crippen LogP contribution in [0.25, 0.3) is 10.1 Å². The number of esters is 1. The summed E-state index contributed by atoms with van der Waals surface area (Å²) < 4.78 is 39.5. The van der Waals surface area contributed by atoms with Crippen molar-refractivity contribution in [3.63, 3.8) is 0 Å². The van der Waals surface area contributed by atoms with Gasteiger partial charge in [0.2, 0.25) is 5.91 Å². The Morgan fingerprint density at radius 3 is 2.42 bits per heavy atom. The number of thiophene rings is 1. The number of carbonyl (C=O) groups is 2. The number of benzene rings is 3. The average Bonchev–Trinajstić information content (AvgIpc) is 3.30. The summed E-state index contributed by atoms with van der Waals surface area (Å²) in [7, 11) is -1.44. The summed E-state index contributed by atoms with van der Waals surface area (Å²) in [5, 5.41) is 3.52. The number of sulfonamides is 1. The number of anilines is 2. The molecule has 4 rings (SSSR count). The normalized spacial score (nSPS) is 11.2. The van der Waals surface area contributed by atoms with Crippen LogP contribution in [0.5, 0.6) is 5.75 Å². The SMILES string of the molecule is COC(=O)c1cc2cc(NC(=O)CN(c3ccccc3)S(=O)(=O)c3cc(C)ccc3OC)ccc2s1. The fraction of sp³-hybridized carbons (Fsp3) is 0.154. The standard InChI is InChI=1S/C26H24N2O6S2/c1-17-9-11-21(33-2)24(13-17)36(31,32)28(20-7-5-4-6-8-20)16-25(29)27-19-10-12-22-18(14-19)15-23(35-22)26(30)34-3/h4-15H,16H2,1-3H3,(H,27,29). The van der Waals surface area contributed by atoms with E-state index in [9.17, 15) is 18.0 Å². The van der Waals surface area contributed by atoms with Crippen molar-refractivity contribution in [2.75, 3.05) is 30.4 Å². The third-order valence-corrected chi connectivity index (χ3v) is 8.30. The minimum absolute atomic E-state index is 0.0308. The zero-order chi connectivity index (χ0) is 25.9. The molecule has 0 bridgehead atoms. The number of methoxy groups -OCH3 is 2. The second kappa shape index (κ2) is 10.4. The molecule has 0 fully saturated rings. The van der Waals surface area contributed by atoms with Gasteiger partial charge in [-0.3, -0.25) is 9.10 Å². The molecule has 186 valence electrons. The van der Waals surface area contributed by atoms with Crippen LogP contribution in [0.15, 0.2) is 77.7 Å². The Balaban J connectivity index is 1.64. The van der Waals surface area contributed by atoms with Gasteiger partial charge in [0.1, 0.15) is 22.1 Å². The minimum atomic E-state index is -4.15. The smallest absolute Gasteiger partial charge is 0.348 e. The molecule has 4 aromatic rings. The van der Waals surface area contributed by atoms with Gasteiger partial charge in [-0.1, -0.05) is 24.3 Å². The molecule has 0 atom stereocenters. The van der Waals surface area contributed by atoms with E-state index in [4.69, 9.17) is 9.47 Å². The van der Waals surface area contributed by atoms with E-state index < -0.39 is 28.4 Å². The van der Waals surface area contributed by atoms with Gasteiger partial charge in [0.25, 0.3) is 10.0 Å². The zero-order valence-electron chi connectivity index (χ0n) is 19.8. The number of para-hydroxylation sites is 1. The van der Waals surface area contributed by atoms with E-state index in [1.54, 1.807) is 73.7 Å². The molecule has 0 unspecified atom stereocenters. The van der Waals surface area contributed by atoms with Gasteiger partial charge in [-0.2, -0.15) is 0 Å². The van der Waals surface area contributed by atoms with Crippen LogP contribution in [0.2, 0.25) is 0 Å². The van der Waals surface area contributed by atoms with E-state index in [1.165, 1.54) is 31.6 Å². The first-order valence-electron chi connectivity index (χ1n) is 10.9. The Morgan fingerprint density at radius 2 is 1.72 bits per heavy atom. The monoisotopic (exact) mass is 524 g/mol. The number of rotatable bonds is 8. The number of ether oxygens (including phenoxy) is 2. The Hall–Kier alpha value is -3.89. The average molecular weight is 525 g/mol. The van der Waals surface area contributed by atoms with Crippen LogP contribution in [-0.4, -0.2) is 41.1 Å². The van der Waals surface area contributed by atoms with Crippen molar-refractivity contribution >= 4 is 54.7 Å². The molecule has 1 amide bonds. The van der Waals surface area contributed by atoms with Crippen LogP contribution in [0, 0.1) is 6.92 Å². The largest absolute Gasteiger partial charge is 0.495 e. The first kappa shape index (κ1) is 25.2. The molecule has 0 saturated heterocycles. The lowest BCUT2D eigenvalue weighted by Crippen LogP contribution is -2.38. The molecule has 1 N–H and O–H groups in total. The summed E-state index contributed by atoms with van der Waals surface area (Å²) in [4.78, 5) is 25.3. The first-order valence-corrected chi connectivity index (χ1v) is 13.1. The van der Waals surface area contributed by atoms with E-state index >= 15 is 0 Å². The zero-order valence-corrected chi connectivity index (χ0v) is 21.5. The van der Waals surface area contributed by atoms with Crippen LogP contribution in [0.4, 0.5) is 11.4 Å². The highest BCUT2D eigenvalue weighted by molar-refractivity contribution is 7.93. The fourth-order valence-electron chi connectivity index (χ4n) is 3.67. The Morgan fingerprint density at radius 1 is 0.972 bits per heavy atom. The highest BCUT2D eigenvalue weighted by atomic mass is 32.2. The summed E-state index contributed by atoms with van der Waals surface area (Å²) in [6, 6.07) is 20.2. The lowest BCUT2D eigenvalue weighted by molar-refractivity contribution is -0.114. The van der Waals surface area contributed by atoms with Crippen LogP contribution >= 0.6 is 11.3 Å². The number of aryl methyl sites for hydroxylation is 1. The van der Waals surface area contributed by atoms with E-state index in [1.807, 2.05) is 0 Å². The molecule has 0 aliphatic carbocycles. The van der Waals surface area contributed by atoms with Gasteiger partial charge in [-0.05, 0) is 66.4 Å². The third-order valence-electron chi connectivity index (χ3n) is 5.41.